The van der Waals surface area contributed by atoms with E-state index >= 15 is 0 Å². The number of allylic oxidation sites excluding steroid dienone is 1. The molecule has 0 aromatic rings. The predicted molar refractivity (Wildman–Crippen MR) is 33.9 cm³/mol. The highest BCUT2D eigenvalue weighted by Gasteiger charge is 2.26. The monoisotopic (exact) mass is 167 g/mol. The zero-order valence-corrected chi connectivity index (χ0v) is 5.85. The first-order valence-corrected chi connectivity index (χ1v) is 2.89. The molecule has 0 aromatic carbocycles. The molecule has 0 aliphatic rings. The summed E-state index contributed by atoms with van der Waals surface area (Å²) in [4.78, 5) is 10.3. The van der Waals surface area contributed by atoms with Crippen LogP contribution in [0.15, 0.2) is 11.6 Å². The van der Waals surface area contributed by atoms with Gasteiger partial charge in [-0.1, -0.05) is 6.08 Å². The third-order valence-corrected chi connectivity index (χ3v) is 1.11. The minimum atomic E-state index is -3.20. The van der Waals surface area contributed by atoms with Gasteiger partial charge in [-0.15, -0.1) is 0 Å². The molecule has 0 radical (unpaired) electrons. The molecule has 0 heterocycles. The Morgan fingerprint density at radius 1 is 1.45 bits per heavy atom. The van der Waals surface area contributed by atoms with Crippen molar-refractivity contribution in [2.75, 3.05) is 0 Å². The van der Waals surface area contributed by atoms with Gasteiger partial charge in [-0.2, -0.15) is 0 Å². The molecule has 11 heavy (non-hydrogen) atoms. The van der Waals surface area contributed by atoms with E-state index in [1.807, 2.05) is 0 Å². The molecule has 0 saturated heterocycles. The number of primary amides is 1. The summed E-state index contributed by atoms with van der Waals surface area (Å²) in [6.45, 7) is 1.27. The van der Waals surface area contributed by atoms with Crippen molar-refractivity contribution >= 4 is 5.91 Å². The average molecular weight is 167 g/mol. The van der Waals surface area contributed by atoms with Crippen molar-refractivity contribution in [3.63, 3.8) is 0 Å². The van der Waals surface area contributed by atoms with Gasteiger partial charge in [0.1, 0.15) is 0 Å². The molecule has 0 fully saturated rings. The summed E-state index contributed by atoms with van der Waals surface area (Å²) in [6.07, 6.45) is -4.83. The van der Waals surface area contributed by atoms with Crippen LogP contribution in [0, 0.1) is 0 Å². The molecule has 1 atom stereocenters. The lowest BCUT2D eigenvalue weighted by Gasteiger charge is -2.06. The maximum atomic E-state index is 12.3. The van der Waals surface area contributed by atoms with Crippen molar-refractivity contribution in [3.8, 4) is 0 Å². The van der Waals surface area contributed by atoms with E-state index in [4.69, 9.17) is 0 Å². The van der Waals surface area contributed by atoms with E-state index in [0.29, 0.717) is 0 Å². The maximum absolute atomic E-state index is 12.3. The number of nitrogens with two attached hydrogens (primary N) is 1. The quantitative estimate of drug-likeness (QED) is 0.626. The fourth-order valence-electron chi connectivity index (χ4n) is 0.573. The number of halogens is 3. The fourth-order valence-corrected chi connectivity index (χ4v) is 0.573. The molecule has 5 heteroatoms. The Bertz CT molecular complexity index is 179. The first-order valence-electron chi connectivity index (χ1n) is 2.89. The van der Waals surface area contributed by atoms with Gasteiger partial charge < -0.3 is 5.73 Å². The Kier molecular flexibility index (Phi) is 3.64. The second kappa shape index (κ2) is 4.00. The molecule has 0 bridgehead atoms. The molecule has 2 N–H and O–H groups in total. The van der Waals surface area contributed by atoms with Gasteiger partial charge in [-0.25, -0.2) is 13.2 Å². The summed E-state index contributed by atoms with van der Waals surface area (Å²) in [7, 11) is 0. The van der Waals surface area contributed by atoms with E-state index in [-0.39, 0.29) is 0 Å². The lowest BCUT2D eigenvalue weighted by atomic mass is 10.1. The van der Waals surface area contributed by atoms with Crippen molar-refractivity contribution in [1.29, 1.82) is 0 Å². The van der Waals surface area contributed by atoms with Crippen LogP contribution in [-0.4, -0.2) is 18.5 Å². The lowest BCUT2D eigenvalue weighted by molar-refractivity contribution is -0.115. The molecule has 0 aliphatic heterocycles. The number of alkyl halides is 3. The van der Waals surface area contributed by atoms with E-state index in [1.54, 1.807) is 0 Å². The Morgan fingerprint density at radius 3 is 2.00 bits per heavy atom. The molecule has 0 rings (SSSR count). The van der Waals surface area contributed by atoms with Gasteiger partial charge in [0.25, 0.3) is 6.43 Å². The summed E-state index contributed by atoms with van der Waals surface area (Å²) in [5, 5.41) is 0. The van der Waals surface area contributed by atoms with E-state index in [0.717, 1.165) is 6.08 Å². The van der Waals surface area contributed by atoms with Crippen molar-refractivity contribution in [3.05, 3.63) is 11.6 Å². The molecule has 1 unspecified atom stereocenters. The number of rotatable bonds is 3. The van der Waals surface area contributed by atoms with Crippen molar-refractivity contribution in [2.24, 2.45) is 5.73 Å². The van der Waals surface area contributed by atoms with Gasteiger partial charge in [-0.05, 0) is 6.92 Å². The van der Waals surface area contributed by atoms with Gasteiger partial charge in [0.2, 0.25) is 5.91 Å². The Hall–Kier alpha value is -1.00. The summed E-state index contributed by atoms with van der Waals surface area (Å²) in [5.41, 5.74) is 3.92. The van der Waals surface area contributed by atoms with Gasteiger partial charge in [0.15, 0.2) is 6.17 Å². The van der Waals surface area contributed by atoms with Crippen LogP contribution < -0.4 is 5.73 Å². The largest absolute Gasteiger partial charge is 0.366 e. The number of amides is 1. The summed E-state index contributed by atoms with van der Waals surface area (Å²) < 4.78 is 35.5. The van der Waals surface area contributed by atoms with Crippen LogP contribution in [0.2, 0.25) is 0 Å². The van der Waals surface area contributed by atoms with Crippen LogP contribution in [0.3, 0.4) is 0 Å². The second-order valence-corrected chi connectivity index (χ2v) is 1.84. The van der Waals surface area contributed by atoms with E-state index < -0.39 is 24.1 Å². The minimum absolute atomic E-state index is 0.681. The highest BCUT2D eigenvalue weighted by atomic mass is 19.3. The zero-order valence-electron chi connectivity index (χ0n) is 5.85. The van der Waals surface area contributed by atoms with Crippen LogP contribution >= 0.6 is 0 Å². The summed E-state index contributed by atoms with van der Waals surface area (Å²) in [5.74, 6) is -1.15. The highest BCUT2D eigenvalue weighted by molar-refractivity contribution is 5.92. The second-order valence-electron chi connectivity index (χ2n) is 1.84. The SMILES string of the molecule is CC=C(C(N)=O)C(F)C(F)F. The van der Waals surface area contributed by atoms with Gasteiger partial charge in [0.05, 0.1) is 5.57 Å². The van der Waals surface area contributed by atoms with Gasteiger partial charge in [-0.3, -0.25) is 4.79 Å². The smallest absolute Gasteiger partial charge is 0.273 e. The number of hydrogen-bond donors (Lipinski definition) is 1. The van der Waals surface area contributed by atoms with E-state index in [9.17, 15) is 18.0 Å². The topological polar surface area (TPSA) is 43.1 Å². The highest BCUT2D eigenvalue weighted by Crippen LogP contribution is 2.14. The number of carbonyl (C=O) groups is 1. The van der Waals surface area contributed by atoms with Crippen LogP contribution in [0.4, 0.5) is 13.2 Å². The third kappa shape index (κ3) is 2.61. The van der Waals surface area contributed by atoms with Crippen molar-refractivity contribution < 1.29 is 18.0 Å². The van der Waals surface area contributed by atoms with Crippen LogP contribution in [0.5, 0.6) is 0 Å². The predicted octanol–water partition coefficient (Wildman–Crippen LogP) is 1.02. The Balaban J connectivity index is 4.41. The maximum Gasteiger partial charge on any atom is 0.273 e. The van der Waals surface area contributed by atoms with Crippen LogP contribution in [0.1, 0.15) is 6.92 Å². The molecule has 2 nitrogen and oxygen atoms in total. The molecule has 0 saturated carbocycles. The molecule has 64 valence electrons. The summed E-state index contributed by atoms with van der Waals surface area (Å²) in [6, 6.07) is 0. The molecule has 0 aliphatic carbocycles. The third-order valence-electron chi connectivity index (χ3n) is 1.11. The molecule has 0 aromatic heterocycles. The first kappa shape index (κ1) is 10.0. The Morgan fingerprint density at radius 2 is 1.91 bits per heavy atom. The fraction of sp³-hybridized carbons (Fsp3) is 0.500. The molecule has 0 spiro atoms. The van der Waals surface area contributed by atoms with Gasteiger partial charge in [0, 0.05) is 0 Å². The first-order chi connectivity index (χ1) is 5.00. The normalized spacial score (nSPS) is 15.2. The zero-order chi connectivity index (χ0) is 9.02. The number of hydrogen-bond acceptors (Lipinski definition) is 1. The van der Waals surface area contributed by atoms with Crippen molar-refractivity contribution in [1.82, 2.24) is 0 Å². The minimum Gasteiger partial charge on any atom is -0.366 e. The van der Waals surface area contributed by atoms with Crippen LogP contribution in [-0.2, 0) is 4.79 Å². The number of carbonyl (C=O) groups excluding carboxylic acids is 1. The molecule has 1 amide bonds. The molecular weight excluding hydrogens is 159 g/mol. The Labute approximate surface area is 61.9 Å². The standard InChI is InChI=1S/C6H8F3NO/c1-2-3(6(10)11)4(7)5(8)9/h2,4-5H,1H3,(H2,10,11). The summed E-state index contributed by atoms with van der Waals surface area (Å²) >= 11 is 0. The average Bonchev–Trinajstić information content (AvgIpc) is 1.88. The molecular formula is C6H8F3NO. The van der Waals surface area contributed by atoms with Crippen molar-refractivity contribution in [2.45, 2.75) is 19.5 Å². The van der Waals surface area contributed by atoms with Crippen LogP contribution in [0.25, 0.3) is 0 Å². The van der Waals surface area contributed by atoms with E-state index in [1.165, 1.54) is 6.92 Å². The van der Waals surface area contributed by atoms with E-state index in [2.05, 4.69) is 5.73 Å². The van der Waals surface area contributed by atoms with Gasteiger partial charge >= 0.3 is 0 Å². The lowest BCUT2D eigenvalue weighted by Crippen LogP contribution is -2.26.